The van der Waals surface area contributed by atoms with Crippen LogP contribution in [-0.2, 0) is 4.74 Å². The van der Waals surface area contributed by atoms with Gasteiger partial charge in [0.2, 0.25) is 0 Å². The molecule has 1 heterocycles. The molecule has 0 saturated carbocycles. The van der Waals surface area contributed by atoms with Crippen molar-refractivity contribution >= 4 is 17.2 Å². The van der Waals surface area contributed by atoms with Crippen molar-refractivity contribution in [2.75, 3.05) is 32.8 Å². The van der Waals surface area contributed by atoms with Gasteiger partial charge in [0.05, 0.1) is 18.3 Å². The van der Waals surface area contributed by atoms with Crippen molar-refractivity contribution in [1.82, 2.24) is 4.90 Å². The normalized spacial score (nSPS) is 20.2. The molecule has 1 aliphatic rings. The smallest absolute Gasteiger partial charge is 0.129 e. The summed E-state index contributed by atoms with van der Waals surface area (Å²) in [5.41, 5.74) is 6.47. The Bertz CT molecular complexity index is 439. The van der Waals surface area contributed by atoms with Crippen LogP contribution in [0.4, 0.5) is 0 Å². The van der Waals surface area contributed by atoms with Crippen LogP contribution in [0.25, 0.3) is 0 Å². The quantitative estimate of drug-likeness (QED) is 0.827. The maximum Gasteiger partial charge on any atom is 0.129 e. The highest BCUT2D eigenvalue weighted by atomic mass is 32.1. The van der Waals surface area contributed by atoms with E-state index in [1.54, 1.807) is 0 Å². The molecule has 2 N–H and O–H groups in total. The summed E-state index contributed by atoms with van der Waals surface area (Å²) in [6, 6.07) is 7.61. The van der Waals surface area contributed by atoms with Gasteiger partial charge in [0.15, 0.2) is 0 Å². The Hall–Kier alpha value is -1.17. The lowest BCUT2D eigenvalue weighted by molar-refractivity contribution is -0.0214. The number of para-hydroxylation sites is 1. The molecule has 1 aromatic rings. The van der Waals surface area contributed by atoms with E-state index in [-0.39, 0.29) is 0 Å². The highest BCUT2D eigenvalue weighted by molar-refractivity contribution is 7.80. The average molecular weight is 280 g/mol. The monoisotopic (exact) mass is 280 g/mol. The second kappa shape index (κ2) is 6.84. The van der Waals surface area contributed by atoms with E-state index in [4.69, 9.17) is 27.4 Å². The Morgan fingerprint density at radius 1 is 1.53 bits per heavy atom. The van der Waals surface area contributed by atoms with E-state index in [1.807, 2.05) is 24.3 Å². The first-order chi connectivity index (χ1) is 9.16. The molecule has 0 bridgehead atoms. The van der Waals surface area contributed by atoms with Crippen molar-refractivity contribution in [3.63, 3.8) is 0 Å². The third kappa shape index (κ3) is 4.16. The van der Waals surface area contributed by atoms with Crippen LogP contribution in [-0.4, -0.2) is 48.8 Å². The topological polar surface area (TPSA) is 47.7 Å². The number of thiocarbonyl (C=S) groups is 1. The second-order valence-electron chi connectivity index (χ2n) is 4.69. The summed E-state index contributed by atoms with van der Waals surface area (Å²) in [5, 5.41) is 0. The van der Waals surface area contributed by atoms with Crippen LogP contribution < -0.4 is 10.5 Å². The molecule has 0 amide bonds. The Labute approximate surface area is 119 Å². The summed E-state index contributed by atoms with van der Waals surface area (Å²) in [5.74, 6) is 0.760. The highest BCUT2D eigenvalue weighted by Gasteiger charge is 2.16. The van der Waals surface area contributed by atoms with Crippen molar-refractivity contribution in [3.05, 3.63) is 29.8 Å². The van der Waals surface area contributed by atoms with Gasteiger partial charge in [-0.3, -0.25) is 4.90 Å². The van der Waals surface area contributed by atoms with E-state index >= 15 is 0 Å². The lowest BCUT2D eigenvalue weighted by atomic mass is 10.2. The van der Waals surface area contributed by atoms with Gasteiger partial charge in [0.25, 0.3) is 0 Å². The van der Waals surface area contributed by atoms with E-state index < -0.39 is 0 Å². The number of ether oxygens (including phenoxy) is 2. The summed E-state index contributed by atoms with van der Waals surface area (Å²) in [6.45, 7) is 6.33. The second-order valence-corrected chi connectivity index (χ2v) is 5.13. The number of benzene rings is 1. The van der Waals surface area contributed by atoms with Crippen molar-refractivity contribution in [2.24, 2.45) is 5.73 Å². The molecular weight excluding hydrogens is 260 g/mol. The molecule has 0 spiro atoms. The first kappa shape index (κ1) is 14.2. The van der Waals surface area contributed by atoms with Gasteiger partial charge in [0, 0.05) is 19.6 Å². The zero-order chi connectivity index (χ0) is 13.7. The van der Waals surface area contributed by atoms with E-state index in [1.165, 1.54) is 0 Å². The van der Waals surface area contributed by atoms with E-state index in [0.717, 1.165) is 37.6 Å². The molecular formula is C14H20N2O2S. The van der Waals surface area contributed by atoms with Crippen molar-refractivity contribution < 1.29 is 9.47 Å². The van der Waals surface area contributed by atoms with Crippen molar-refractivity contribution in [3.8, 4) is 5.75 Å². The summed E-state index contributed by atoms with van der Waals surface area (Å²) in [7, 11) is 0. The van der Waals surface area contributed by atoms with Crippen LogP contribution in [0.15, 0.2) is 24.3 Å². The fourth-order valence-corrected chi connectivity index (χ4v) is 2.34. The van der Waals surface area contributed by atoms with Gasteiger partial charge in [-0.2, -0.15) is 0 Å². The SMILES string of the molecule is CC1CN(CCOc2ccccc2C(N)=S)CCO1. The predicted molar refractivity (Wildman–Crippen MR) is 79.7 cm³/mol. The van der Waals surface area contributed by atoms with Crippen LogP contribution in [0.5, 0.6) is 5.75 Å². The molecule has 4 nitrogen and oxygen atoms in total. The Morgan fingerprint density at radius 2 is 2.32 bits per heavy atom. The molecule has 0 radical (unpaired) electrons. The zero-order valence-corrected chi connectivity index (χ0v) is 12.0. The van der Waals surface area contributed by atoms with Gasteiger partial charge in [-0.05, 0) is 19.1 Å². The third-order valence-corrected chi connectivity index (χ3v) is 3.36. The molecule has 1 unspecified atom stereocenters. The molecule has 1 fully saturated rings. The predicted octanol–water partition coefficient (Wildman–Crippen LogP) is 1.42. The molecule has 0 aliphatic carbocycles. The van der Waals surface area contributed by atoms with Crippen molar-refractivity contribution in [2.45, 2.75) is 13.0 Å². The first-order valence-electron chi connectivity index (χ1n) is 6.52. The molecule has 0 aromatic heterocycles. The molecule has 19 heavy (non-hydrogen) atoms. The Balaban J connectivity index is 1.84. The summed E-state index contributed by atoms with van der Waals surface area (Å²) >= 11 is 5.01. The average Bonchev–Trinajstić information content (AvgIpc) is 2.39. The number of rotatable bonds is 5. The first-order valence-corrected chi connectivity index (χ1v) is 6.93. The van der Waals surface area contributed by atoms with E-state index in [9.17, 15) is 0 Å². The Morgan fingerprint density at radius 3 is 3.05 bits per heavy atom. The highest BCUT2D eigenvalue weighted by Crippen LogP contribution is 2.17. The van der Waals surface area contributed by atoms with Crippen LogP contribution in [0.1, 0.15) is 12.5 Å². The summed E-state index contributed by atoms with van der Waals surface area (Å²) in [6.07, 6.45) is 0.303. The number of morpholine rings is 1. The van der Waals surface area contributed by atoms with Crippen LogP contribution in [0.3, 0.4) is 0 Å². The van der Waals surface area contributed by atoms with Gasteiger partial charge >= 0.3 is 0 Å². The van der Waals surface area contributed by atoms with Crippen LogP contribution >= 0.6 is 12.2 Å². The molecule has 2 rings (SSSR count). The molecule has 1 atom stereocenters. The number of hydrogen-bond donors (Lipinski definition) is 1. The maximum absolute atomic E-state index is 5.79. The van der Waals surface area contributed by atoms with Gasteiger partial charge in [0.1, 0.15) is 17.3 Å². The minimum absolute atomic E-state index is 0.303. The lowest BCUT2D eigenvalue weighted by Gasteiger charge is -2.30. The van der Waals surface area contributed by atoms with Crippen LogP contribution in [0, 0.1) is 0 Å². The number of hydrogen-bond acceptors (Lipinski definition) is 4. The number of nitrogens with zero attached hydrogens (tertiary/aromatic N) is 1. The fourth-order valence-electron chi connectivity index (χ4n) is 2.17. The standard InChI is InChI=1S/C14H20N2O2S/c1-11-10-16(6-8-17-11)7-9-18-13-5-3-2-4-12(13)14(15)19/h2-5,11H,6-10H2,1H3,(H2,15,19). The van der Waals surface area contributed by atoms with Gasteiger partial charge < -0.3 is 15.2 Å². The van der Waals surface area contributed by atoms with Gasteiger partial charge in [-0.1, -0.05) is 24.4 Å². The molecule has 1 saturated heterocycles. The minimum Gasteiger partial charge on any atom is -0.492 e. The largest absolute Gasteiger partial charge is 0.492 e. The summed E-state index contributed by atoms with van der Waals surface area (Å²) in [4.78, 5) is 2.72. The van der Waals surface area contributed by atoms with Crippen LogP contribution in [0.2, 0.25) is 0 Å². The number of nitrogens with two attached hydrogens (primary N) is 1. The lowest BCUT2D eigenvalue weighted by Crippen LogP contribution is -2.42. The fraction of sp³-hybridized carbons (Fsp3) is 0.500. The van der Waals surface area contributed by atoms with E-state index in [0.29, 0.717) is 17.7 Å². The third-order valence-electron chi connectivity index (χ3n) is 3.14. The van der Waals surface area contributed by atoms with Gasteiger partial charge in [-0.15, -0.1) is 0 Å². The molecule has 1 aliphatic heterocycles. The Kier molecular flexibility index (Phi) is 5.13. The van der Waals surface area contributed by atoms with E-state index in [2.05, 4.69) is 11.8 Å². The zero-order valence-electron chi connectivity index (χ0n) is 11.2. The molecule has 1 aromatic carbocycles. The molecule has 5 heteroatoms. The molecule has 104 valence electrons. The summed E-state index contributed by atoms with van der Waals surface area (Å²) < 4.78 is 11.3. The van der Waals surface area contributed by atoms with Gasteiger partial charge in [-0.25, -0.2) is 0 Å². The minimum atomic E-state index is 0.303. The van der Waals surface area contributed by atoms with Crippen molar-refractivity contribution in [1.29, 1.82) is 0 Å². The maximum atomic E-state index is 5.79.